The zero-order valence-corrected chi connectivity index (χ0v) is 15.2. The van der Waals surface area contributed by atoms with Crippen LogP contribution >= 0.6 is 12.4 Å². The topological polar surface area (TPSA) is 61.4 Å². The fourth-order valence-electron chi connectivity index (χ4n) is 3.77. The third-order valence-electron chi connectivity index (χ3n) is 5.48. The summed E-state index contributed by atoms with van der Waals surface area (Å²) in [4.78, 5) is 26.6. The minimum absolute atomic E-state index is 0. The molecule has 2 aliphatic heterocycles. The molecule has 2 heterocycles. The Bertz CT molecular complexity index is 639. The van der Waals surface area contributed by atoms with Gasteiger partial charge in [0, 0.05) is 31.6 Å². The van der Waals surface area contributed by atoms with Gasteiger partial charge in [-0.2, -0.15) is 0 Å². The summed E-state index contributed by atoms with van der Waals surface area (Å²) in [5, 5.41) is 6.52. The molecule has 4 rings (SSSR count). The number of benzene rings is 1. The zero-order valence-electron chi connectivity index (χ0n) is 14.4. The Labute approximate surface area is 154 Å². The van der Waals surface area contributed by atoms with E-state index in [1.54, 1.807) is 0 Å². The minimum atomic E-state index is -0.147. The standard InChI is InChI=1S/C19H25N3O2.ClH/c23-18(17-11-14-3-1-2-4-15(14)12-20-17)21-16-7-9-22(10-8-16)19(24)13-5-6-13;/h1-4,13,16-17,20H,5-12H2,(H,21,23);1H. The van der Waals surface area contributed by atoms with E-state index in [9.17, 15) is 9.59 Å². The van der Waals surface area contributed by atoms with Crippen molar-refractivity contribution in [2.24, 2.45) is 5.92 Å². The van der Waals surface area contributed by atoms with Crippen LogP contribution in [0.2, 0.25) is 0 Å². The highest BCUT2D eigenvalue weighted by Crippen LogP contribution is 2.31. The summed E-state index contributed by atoms with van der Waals surface area (Å²) in [6.07, 6.45) is 4.61. The molecule has 1 aromatic rings. The molecular weight excluding hydrogens is 338 g/mol. The number of hydrogen-bond acceptors (Lipinski definition) is 3. The third-order valence-corrected chi connectivity index (χ3v) is 5.48. The predicted molar refractivity (Wildman–Crippen MR) is 98.5 cm³/mol. The van der Waals surface area contributed by atoms with Crippen LogP contribution in [0.25, 0.3) is 0 Å². The molecule has 3 aliphatic rings. The molecule has 1 saturated heterocycles. The number of nitrogens with zero attached hydrogens (tertiary/aromatic N) is 1. The largest absolute Gasteiger partial charge is 0.352 e. The van der Waals surface area contributed by atoms with E-state index in [0.29, 0.717) is 11.8 Å². The average Bonchev–Trinajstić information content (AvgIpc) is 3.46. The fourth-order valence-corrected chi connectivity index (χ4v) is 3.77. The van der Waals surface area contributed by atoms with Gasteiger partial charge >= 0.3 is 0 Å². The first-order chi connectivity index (χ1) is 11.7. The molecule has 25 heavy (non-hydrogen) atoms. The molecule has 5 nitrogen and oxygen atoms in total. The number of carbonyl (C=O) groups excluding carboxylic acids is 2. The van der Waals surface area contributed by atoms with Gasteiger partial charge in [0.05, 0.1) is 6.04 Å². The van der Waals surface area contributed by atoms with E-state index in [-0.39, 0.29) is 30.4 Å². The smallest absolute Gasteiger partial charge is 0.237 e. The van der Waals surface area contributed by atoms with Crippen molar-refractivity contribution in [3.8, 4) is 0 Å². The van der Waals surface area contributed by atoms with Gasteiger partial charge in [-0.25, -0.2) is 0 Å². The van der Waals surface area contributed by atoms with E-state index in [4.69, 9.17) is 0 Å². The number of piperidine rings is 1. The van der Waals surface area contributed by atoms with E-state index >= 15 is 0 Å². The van der Waals surface area contributed by atoms with Crippen LogP contribution < -0.4 is 10.6 Å². The van der Waals surface area contributed by atoms with E-state index in [2.05, 4.69) is 22.8 Å². The van der Waals surface area contributed by atoms with Crippen molar-refractivity contribution in [1.82, 2.24) is 15.5 Å². The number of likely N-dealkylation sites (tertiary alicyclic amines) is 1. The Balaban J connectivity index is 0.00000182. The maximum Gasteiger partial charge on any atom is 0.237 e. The lowest BCUT2D eigenvalue weighted by atomic mass is 9.95. The van der Waals surface area contributed by atoms with Crippen LogP contribution in [0, 0.1) is 5.92 Å². The lowest BCUT2D eigenvalue weighted by Crippen LogP contribution is -2.53. The van der Waals surface area contributed by atoms with Gasteiger partial charge in [0.2, 0.25) is 11.8 Å². The van der Waals surface area contributed by atoms with Crippen LogP contribution in [-0.4, -0.2) is 41.9 Å². The highest BCUT2D eigenvalue weighted by Gasteiger charge is 2.35. The molecule has 6 heteroatoms. The Kier molecular flexibility index (Phi) is 5.64. The summed E-state index contributed by atoms with van der Waals surface area (Å²) in [5.41, 5.74) is 2.55. The van der Waals surface area contributed by atoms with Crippen molar-refractivity contribution < 1.29 is 9.59 Å². The molecular formula is C19H26ClN3O2. The molecule has 1 saturated carbocycles. The second-order valence-electron chi connectivity index (χ2n) is 7.29. The molecule has 0 bridgehead atoms. The van der Waals surface area contributed by atoms with Gasteiger partial charge in [0.25, 0.3) is 0 Å². The molecule has 1 aliphatic carbocycles. The molecule has 136 valence electrons. The summed E-state index contributed by atoms with van der Waals surface area (Å²) in [5.74, 6) is 0.712. The van der Waals surface area contributed by atoms with Gasteiger partial charge in [-0.05, 0) is 43.2 Å². The summed E-state index contributed by atoms with van der Waals surface area (Å²) in [7, 11) is 0. The van der Waals surface area contributed by atoms with Crippen molar-refractivity contribution >= 4 is 24.2 Å². The highest BCUT2D eigenvalue weighted by molar-refractivity contribution is 5.85. The Hall–Kier alpha value is -1.59. The van der Waals surface area contributed by atoms with Crippen LogP contribution in [0.3, 0.4) is 0 Å². The number of hydrogen-bond donors (Lipinski definition) is 2. The number of carbonyl (C=O) groups is 2. The second-order valence-corrected chi connectivity index (χ2v) is 7.29. The lowest BCUT2D eigenvalue weighted by molar-refractivity contribution is -0.133. The van der Waals surface area contributed by atoms with Gasteiger partial charge in [-0.3, -0.25) is 9.59 Å². The van der Waals surface area contributed by atoms with Crippen molar-refractivity contribution in [3.63, 3.8) is 0 Å². The molecule has 0 spiro atoms. The Morgan fingerprint density at radius 2 is 1.72 bits per heavy atom. The normalized spacial score (nSPS) is 23.4. The molecule has 2 fully saturated rings. The van der Waals surface area contributed by atoms with E-state index in [1.807, 2.05) is 17.0 Å². The molecule has 0 aromatic heterocycles. The second kappa shape index (κ2) is 7.75. The predicted octanol–water partition coefficient (Wildman–Crippen LogP) is 1.64. The number of nitrogens with one attached hydrogen (secondary N) is 2. The van der Waals surface area contributed by atoms with Crippen LogP contribution in [0.5, 0.6) is 0 Å². The van der Waals surface area contributed by atoms with Gasteiger partial charge in [0.1, 0.15) is 0 Å². The summed E-state index contributed by atoms with van der Waals surface area (Å²) < 4.78 is 0. The highest BCUT2D eigenvalue weighted by atomic mass is 35.5. The van der Waals surface area contributed by atoms with E-state index in [0.717, 1.165) is 51.7 Å². The molecule has 1 unspecified atom stereocenters. The van der Waals surface area contributed by atoms with Gasteiger partial charge < -0.3 is 15.5 Å². The third kappa shape index (κ3) is 4.15. The minimum Gasteiger partial charge on any atom is -0.352 e. The number of halogens is 1. The van der Waals surface area contributed by atoms with Gasteiger partial charge in [-0.15, -0.1) is 12.4 Å². The van der Waals surface area contributed by atoms with Crippen LogP contribution in [-0.2, 0) is 22.6 Å². The Morgan fingerprint density at radius 1 is 1.04 bits per heavy atom. The van der Waals surface area contributed by atoms with Gasteiger partial charge in [0.15, 0.2) is 0 Å². The van der Waals surface area contributed by atoms with Crippen LogP contribution in [0.4, 0.5) is 0 Å². The number of rotatable bonds is 3. The van der Waals surface area contributed by atoms with E-state index in [1.165, 1.54) is 11.1 Å². The fraction of sp³-hybridized carbons (Fsp3) is 0.579. The summed E-state index contributed by atoms with van der Waals surface area (Å²) in [6.45, 7) is 2.31. The lowest BCUT2D eigenvalue weighted by Gasteiger charge is -2.34. The van der Waals surface area contributed by atoms with Crippen LogP contribution in [0.1, 0.15) is 36.8 Å². The molecule has 0 radical (unpaired) electrons. The number of amides is 2. The first kappa shape index (κ1) is 18.2. The molecule has 1 atom stereocenters. The molecule has 2 amide bonds. The van der Waals surface area contributed by atoms with Crippen molar-refractivity contribution in [2.75, 3.05) is 13.1 Å². The van der Waals surface area contributed by atoms with Crippen molar-refractivity contribution in [2.45, 2.75) is 50.7 Å². The summed E-state index contributed by atoms with van der Waals surface area (Å²) in [6, 6.07) is 8.34. The molecule has 2 N–H and O–H groups in total. The maximum absolute atomic E-state index is 12.6. The first-order valence-corrected chi connectivity index (χ1v) is 9.10. The number of fused-ring (bicyclic) bond motifs is 1. The zero-order chi connectivity index (χ0) is 16.5. The monoisotopic (exact) mass is 363 g/mol. The molecule has 1 aromatic carbocycles. The van der Waals surface area contributed by atoms with E-state index < -0.39 is 0 Å². The average molecular weight is 364 g/mol. The first-order valence-electron chi connectivity index (χ1n) is 9.10. The maximum atomic E-state index is 12.6. The quantitative estimate of drug-likeness (QED) is 0.858. The van der Waals surface area contributed by atoms with Crippen LogP contribution in [0.15, 0.2) is 24.3 Å². The van der Waals surface area contributed by atoms with Crippen molar-refractivity contribution in [3.05, 3.63) is 35.4 Å². The summed E-state index contributed by atoms with van der Waals surface area (Å²) >= 11 is 0. The SMILES string of the molecule is Cl.O=C(NC1CCN(C(=O)C2CC2)CC1)C1Cc2ccccc2CN1. The Morgan fingerprint density at radius 3 is 2.40 bits per heavy atom. The van der Waals surface area contributed by atoms with Gasteiger partial charge in [-0.1, -0.05) is 24.3 Å². The van der Waals surface area contributed by atoms with Crippen molar-refractivity contribution in [1.29, 1.82) is 0 Å².